The molecule has 0 fully saturated rings. The van der Waals surface area contributed by atoms with Gasteiger partial charge in [-0.05, 0) is 33.6 Å². The molecular formula is C26H52BrNO2. The van der Waals surface area contributed by atoms with Crippen molar-refractivity contribution in [1.82, 2.24) is 5.32 Å². The second-order valence-electron chi connectivity index (χ2n) is 9.48. The van der Waals surface area contributed by atoms with Crippen molar-refractivity contribution in [2.45, 2.75) is 149 Å². The zero-order valence-corrected chi connectivity index (χ0v) is 22.5. The Kier molecular flexibility index (Phi) is 21.8. The van der Waals surface area contributed by atoms with Crippen LogP contribution in [0.25, 0.3) is 0 Å². The molecule has 1 N–H and O–H groups in total. The summed E-state index contributed by atoms with van der Waals surface area (Å²) in [5.41, 5.74) is 0.440. The lowest BCUT2D eigenvalue weighted by atomic mass is 9.95. The van der Waals surface area contributed by atoms with Gasteiger partial charge in [0.1, 0.15) is 0 Å². The Morgan fingerprint density at radius 2 is 1.27 bits per heavy atom. The molecule has 0 aromatic carbocycles. The maximum atomic E-state index is 11.8. The van der Waals surface area contributed by atoms with E-state index >= 15 is 0 Å². The summed E-state index contributed by atoms with van der Waals surface area (Å²) in [6.45, 7) is 14.2. The number of nitrogens with one attached hydrogen (secondary N) is 1. The summed E-state index contributed by atoms with van der Waals surface area (Å²) in [4.78, 5) is 11.8. The van der Waals surface area contributed by atoms with Crippen molar-refractivity contribution in [1.29, 1.82) is 0 Å². The van der Waals surface area contributed by atoms with Crippen LogP contribution in [0, 0.1) is 0 Å². The minimum absolute atomic E-state index is 0. The number of esters is 1. The molecular weight excluding hydrogens is 438 g/mol. The molecule has 1 atom stereocenters. The van der Waals surface area contributed by atoms with E-state index in [1.165, 1.54) is 83.5 Å². The molecule has 3 nitrogen and oxygen atoms in total. The van der Waals surface area contributed by atoms with Gasteiger partial charge in [-0.2, -0.15) is 0 Å². The van der Waals surface area contributed by atoms with Crippen LogP contribution < -0.4 is 5.32 Å². The highest BCUT2D eigenvalue weighted by Crippen LogP contribution is 2.19. The van der Waals surface area contributed by atoms with E-state index in [0.29, 0.717) is 5.57 Å². The molecule has 0 rings (SSSR count). The second-order valence-corrected chi connectivity index (χ2v) is 9.48. The van der Waals surface area contributed by atoms with Gasteiger partial charge in [0.25, 0.3) is 0 Å². The van der Waals surface area contributed by atoms with Gasteiger partial charge in [-0.15, -0.1) is 17.0 Å². The number of unbranched alkanes of at least 4 members (excludes halogenated alkanes) is 12. The maximum absolute atomic E-state index is 11.8. The lowest BCUT2D eigenvalue weighted by molar-refractivity contribution is -0.147. The van der Waals surface area contributed by atoms with Gasteiger partial charge in [0.15, 0.2) is 6.23 Å². The molecule has 0 saturated heterocycles. The Hall–Kier alpha value is -0.350. The van der Waals surface area contributed by atoms with Gasteiger partial charge < -0.3 is 4.74 Å². The quantitative estimate of drug-likeness (QED) is 0.0803. The Balaban J connectivity index is 0. The first kappa shape index (κ1) is 31.8. The van der Waals surface area contributed by atoms with Crippen LogP contribution in [0.4, 0.5) is 0 Å². The zero-order valence-electron chi connectivity index (χ0n) is 20.8. The standard InChI is InChI=1S/C26H51NO2.BrH/c1-7-9-10-11-12-13-14-15-16-17-18-19-20-22-26(5,6)27-24(21-8-2)29-25(28)23(3)4;/h24,27H,3,7-22H2,1-2,4-6H3;1H. The maximum Gasteiger partial charge on any atom is 0.334 e. The molecule has 0 spiro atoms. The second kappa shape index (κ2) is 20.5. The number of rotatable bonds is 20. The van der Waals surface area contributed by atoms with Crippen LogP contribution in [0.1, 0.15) is 137 Å². The van der Waals surface area contributed by atoms with Crippen molar-refractivity contribution in [3.63, 3.8) is 0 Å². The molecule has 0 aliphatic carbocycles. The largest absolute Gasteiger partial charge is 0.443 e. The topological polar surface area (TPSA) is 38.3 Å². The Bertz CT molecular complexity index is 423. The molecule has 180 valence electrons. The van der Waals surface area contributed by atoms with Gasteiger partial charge in [-0.1, -0.05) is 110 Å². The van der Waals surface area contributed by atoms with Gasteiger partial charge in [0.05, 0.1) is 0 Å². The van der Waals surface area contributed by atoms with Crippen molar-refractivity contribution < 1.29 is 9.53 Å². The molecule has 0 amide bonds. The highest BCUT2D eigenvalue weighted by atomic mass is 79.9. The van der Waals surface area contributed by atoms with E-state index in [9.17, 15) is 4.79 Å². The minimum atomic E-state index is -0.298. The van der Waals surface area contributed by atoms with E-state index in [4.69, 9.17) is 4.74 Å². The number of hydrogen-bond acceptors (Lipinski definition) is 3. The van der Waals surface area contributed by atoms with Crippen molar-refractivity contribution in [3.05, 3.63) is 12.2 Å². The molecule has 0 radical (unpaired) electrons. The fraction of sp³-hybridized carbons (Fsp3) is 0.885. The molecule has 0 heterocycles. The Morgan fingerprint density at radius 1 is 0.833 bits per heavy atom. The Labute approximate surface area is 199 Å². The summed E-state index contributed by atoms with van der Waals surface area (Å²) in [6, 6.07) is 0. The van der Waals surface area contributed by atoms with Crippen LogP contribution in [-0.4, -0.2) is 17.7 Å². The van der Waals surface area contributed by atoms with Gasteiger partial charge in [-0.25, -0.2) is 4.79 Å². The number of carbonyl (C=O) groups is 1. The number of hydrogen-bond donors (Lipinski definition) is 1. The van der Waals surface area contributed by atoms with E-state index in [-0.39, 0.29) is 34.7 Å². The van der Waals surface area contributed by atoms with Gasteiger partial charge >= 0.3 is 5.97 Å². The molecule has 0 aliphatic rings. The third-order valence-corrected chi connectivity index (χ3v) is 5.61. The third kappa shape index (κ3) is 19.6. The smallest absolute Gasteiger partial charge is 0.334 e. The zero-order chi connectivity index (χ0) is 22.0. The van der Waals surface area contributed by atoms with Crippen LogP contribution in [0.3, 0.4) is 0 Å². The van der Waals surface area contributed by atoms with E-state index in [0.717, 1.165) is 19.3 Å². The molecule has 0 aromatic heterocycles. The molecule has 0 saturated carbocycles. The van der Waals surface area contributed by atoms with Gasteiger partial charge in [0, 0.05) is 11.1 Å². The first-order valence-electron chi connectivity index (χ1n) is 12.5. The molecule has 0 aliphatic heterocycles. The summed E-state index contributed by atoms with van der Waals surface area (Å²) in [5, 5.41) is 3.54. The van der Waals surface area contributed by atoms with E-state index in [1.807, 2.05) is 0 Å². The van der Waals surface area contributed by atoms with E-state index in [1.54, 1.807) is 6.92 Å². The van der Waals surface area contributed by atoms with Crippen LogP contribution in [0.5, 0.6) is 0 Å². The highest BCUT2D eigenvalue weighted by molar-refractivity contribution is 8.93. The first-order chi connectivity index (χ1) is 13.8. The number of halogens is 1. The normalized spacial score (nSPS) is 12.3. The van der Waals surface area contributed by atoms with Crippen LogP contribution >= 0.6 is 17.0 Å². The predicted octanol–water partition coefficient (Wildman–Crippen LogP) is 8.66. The number of carbonyl (C=O) groups excluding carboxylic acids is 1. The monoisotopic (exact) mass is 489 g/mol. The van der Waals surface area contributed by atoms with Crippen LogP contribution in [0.2, 0.25) is 0 Å². The summed E-state index contributed by atoms with van der Waals surface area (Å²) in [7, 11) is 0. The average molecular weight is 491 g/mol. The molecule has 4 heteroatoms. The molecule has 0 aromatic rings. The number of ether oxygens (including phenoxy) is 1. The molecule has 0 bridgehead atoms. The summed E-state index contributed by atoms with van der Waals surface area (Å²) in [5.74, 6) is -0.298. The van der Waals surface area contributed by atoms with Crippen molar-refractivity contribution in [3.8, 4) is 0 Å². The van der Waals surface area contributed by atoms with E-state index < -0.39 is 0 Å². The highest BCUT2D eigenvalue weighted by Gasteiger charge is 2.23. The summed E-state index contributed by atoms with van der Waals surface area (Å²) >= 11 is 0. The molecule has 1 unspecified atom stereocenters. The van der Waals surface area contributed by atoms with E-state index in [2.05, 4.69) is 39.6 Å². The lowest BCUT2D eigenvalue weighted by Crippen LogP contribution is -2.47. The van der Waals surface area contributed by atoms with Crippen molar-refractivity contribution >= 4 is 23.0 Å². The third-order valence-electron chi connectivity index (χ3n) is 5.61. The predicted molar refractivity (Wildman–Crippen MR) is 137 cm³/mol. The fourth-order valence-electron chi connectivity index (χ4n) is 3.75. The first-order valence-corrected chi connectivity index (χ1v) is 12.5. The lowest BCUT2D eigenvalue weighted by Gasteiger charge is -2.32. The average Bonchev–Trinajstić information content (AvgIpc) is 2.65. The SMILES string of the molecule is Br.C=C(C)C(=O)OC(CCC)NC(C)(C)CCCCCCCCCCCCCCC. The summed E-state index contributed by atoms with van der Waals surface area (Å²) in [6.07, 6.45) is 20.6. The van der Waals surface area contributed by atoms with Crippen molar-refractivity contribution in [2.24, 2.45) is 0 Å². The van der Waals surface area contributed by atoms with Crippen LogP contribution in [0.15, 0.2) is 12.2 Å². The Morgan fingerprint density at radius 3 is 1.67 bits per heavy atom. The summed E-state index contributed by atoms with van der Waals surface area (Å²) < 4.78 is 5.56. The molecule has 30 heavy (non-hydrogen) atoms. The van der Waals surface area contributed by atoms with Gasteiger partial charge in [0.2, 0.25) is 0 Å². The minimum Gasteiger partial charge on any atom is -0.443 e. The van der Waals surface area contributed by atoms with Crippen LogP contribution in [-0.2, 0) is 9.53 Å². The van der Waals surface area contributed by atoms with Gasteiger partial charge in [-0.3, -0.25) is 5.32 Å². The fourth-order valence-corrected chi connectivity index (χ4v) is 3.75. The van der Waals surface area contributed by atoms with Crippen molar-refractivity contribution in [2.75, 3.05) is 0 Å².